The van der Waals surface area contributed by atoms with Crippen LogP contribution in [0.5, 0.6) is 0 Å². The number of piperidine rings is 3. The van der Waals surface area contributed by atoms with E-state index in [9.17, 15) is 4.79 Å². The van der Waals surface area contributed by atoms with Gasteiger partial charge in [-0.25, -0.2) is 0 Å². The van der Waals surface area contributed by atoms with E-state index < -0.39 is 0 Å². The molecule has 1 amide bonds. The monoisotopic (exact) mass is 427 g/mol. The third kappa shape index (κ3) is 3.93. The molecule has 6 rings (SSSR count). The molecule has 1 aromatic heterocycles. The van der Waals surface area contributed by atoms with Gasteiger partial charge < -0.3 is 5.32 Å². The topological polar surface area (TPSA) is 45.2 Å². The Bertz CT molecular complexity index is 1080. The number of nitrogens with zero attached hydrogens (tertiary/aromatic N) is 2. The first-order valence-corrected chi connectivity index (χ1v) is 12.1. The summed E-state index contributed by atoms with van der Waals surface area (Å²) < 4.78 is 0. The zero-order chi connectivity index (χ0) is 22.1. The number of fused-ring (bicyclic) bond motifs is 4. The van der Waals surface area contributed by atoms with Gasteiger partial charge in [-0.15, -0.1) is 0 Å². The summed E-state index contributed by atoms with van der Waals surface area (Å²) in [4.78, 5) is 20.7. The van der Waals surface area contributed by atoms with E-state index in [0.717, 1.165) is 47.8 Å². The first-order valence-electron chi connectivity index (χ1n) is 12.1. The Hall–Kier alpha value is -2.72. The van der Waals surface area contributed by atoms with Crippen LogP contribution in [0.2, 0.25) is 0 Å². The molecule has 0 saturated carbocycles. The van der Waals surface area contributed by atoms with Crippen LogP contribution in [-0.4, -0.2) is 34.9 Å². The fourth-order valence-corrected chi connectivity index (χ4v) is 5.93. The number of amides is 1. The van der Waals surface area contributed by atoms with Crippen LogP contribution in [-0.2, 0) is 4.79 Å². The molecule has 2 unspecified atom stereocenters. The molecule has 3 aromatic rings. The van der Waals surface area contributed by atoms with Crippen LogP contribution in [0.3, 0.4) is 0 Å². The van der Waals surface area contributed by atoms with Crippen LogP contribution < -0.4 is 5.32 Å². The van der Waals surface area contributed by atoms with E-state index in [-0.39, 0.29) is 17.9 Å². The van der Waals surface area contributed by atoms with Crippen LogP contribution >= 0.6 is 0 Å². The molecular formula is C28H33N3O. The normalized spacial score (nSPS) is 26.6. The second kappa shape index (κ2) is 9.03. The van der Waals surface area contributed by atoms with E-state index in [1.54, 1.807) is 0 Å². The summed E-state index contributed by atoms with van der Waals surface area (Å²) >= 11 is 0. The van der Waals surface area contributed by atoms with Crippen molar-refractivity contribution in [3.63, 3.8) is 0 Å². The SMILES string of the molecule is CC[C@H]1CN2CC[C@@H]1C[C@@H]2[C@H](NC(=O)C(C)c1ccccc1)c1ccnc2ccccc12. The summed E-state index contributed by atoms with van der Waals surface area (Å²) in [7, 11) is 0. The molecule has 3 fully saturated rings. The quantitative estimate of drug-likeness (QED) is 0.579. The van der Waals surface area contributed by atoms with E-state index in [2.05, 4.69) is 46.4 Å². The number of para-hydroxylation sites is 1. The van der Waals surface area contributed by atoms with Crippen LogP contribution in [0.4, 0.5) is 0 Å². The van der Waals surface area contributed by atoms with Crippen molar-refractivity contribution in [2.24, 2.45) is 11.8 Å². The van der Waals surface area contributed by atoms with Gasteiger partial charge in [-0.05, 0) is 61.4 Å². The maximum atomic E-state index is 13.5. The van der Waals surface area contributed by atoms with Crippen LogP contribution in [0.25, 0.3) is 10.9 Å². The minimum atomic E-state index is -0.189. The van der Waals surface area contributed by atoms with E-state index >= 15 is 0 Å². The number of nitrogens with one attached hydrogen (secondary N) is 1. The minimum Gasteiger partial charge on any atom is -0.347 e. The van der Waals surface area contributed by atoms with Crippen molar-refractivity contribution in [2.45, 2.75) is 51.1 Å². The third-order valence-electron chi connectivity index (χ3n) is 7.85. The highest BCUT2D eigenvalue weighted by Gasteiger charge is 2.43. The number of benzene rings is 2. The van der Waals surface area contributed by atoms with Gasteiger partial charge >= 0.3 is 0 Å². The maximum absolute atomic E-state index is 13.5. The van der Waals surface area contributed by atoms with Crippen molar-refractivity contribution in [3.8, 4) is 0 Å². The third-order valence-corrected chi connectivity index (χ3v) is 7.85. The first kappa shape index (κ1) is 21.1. The molecular weight excluding hydrogens is 394 g/mol. The molecule has 4 heterocycles. The summed E-state index contributed by atoms with van der Waals surface area (Å²) in [5.41, 5.74) is 3.23. The summed E-state index contributed by atoms with van der Waals surface area (Å²) in [5, 5.41) is 4.64. The van der Waals surface area contributed by atoms with Crippen molar-refractivity contribution < 1.29 is 4.79 Å². The number of rotatable bonds is 6. The van der Waals surface area contributed by atoms with Gasteiger partial charge in [0.2, 0.25) is 5.91 Å². The lowest BCUT2D eigenvalue weighted by molar-refractivity contribution is -0.124. The van der Waals surface area contributed by atoms with Gasteiger partial charge in [0.1, 0.15) is 0 Å². The Labute approximate surface area is 191 Å². The highest BCUT2D eigenvalue weighted by Crippen LogP contribution is 2.43. The number of carbonyl (C=O) groups is 1. The smallest absolute Gasteiger partial charge is 0.227 e. The Morgan fingerprint density at radius 3 is 2.66 bits per heavy atom. The van der Waals surface area contributed by atoms with E-state index in [1.165, 1.54) is 18.4 Å². The molecule has 0 spiro atoms. The van der Waals surface area contributed by atoms with Crippen molar-refractivity contribution in [3.05, 3.63) is 78.0 Å². The average molecular weight is 428 g/mol. The summed E-state index contributed by atoms with van der Waals surface area (Å²) in [6.45, 7) is 6.61. The summed E-state index contributed by atoms with van der Waals surface area (Å²) in [6, 6.07) is 20.8. The molecule has 166 valence electrons. The molecule has 3 aliphatic heterocycles. The standard InChI is InChI=1S/C28H33N3O/c1-3-20-18-31-16-14-22(20)17-26(31)27(24-13-15-29-25-12-8-7-11-23(24)25)30-28(32)19(2)21-9-5-4-6-10-21/h4-13,15,19-20,22,26-27H,3,14,16-18H2,1-2H3,(H,30,32)/t19?,20-,22+,26+,27+/m0/s1. The molecule has 1 N–H and O–H groups in total. The molecule has 3 aliphatic rings. The number of hydrogen-bond acceptors (Lipinski definition) is 3. The molecule has 4 heteroatoms. The molecule has 2 bridgehead atoms. The zero-order valence-electron chi connectivity index (χ0n) is 19.1. The zero-order valence-corrected chi connectivity index (χ0v) is 19.1. The van der Waals surface area contributed by atoms with Crippen molar-refractivity contribution in [1.82, 2.24) is 15.2 Å². The fraction of sp³-hybridized carbons (Fsp3) is 0.429. The second-order valence-electron chi connectivity index (χ2n) is 9.55. The summed E-state index contributed by atoms with van der Waals surface area (Å²) in [6.07, 6.45) is 5.57. The van der Waals surface area contributed by atoms with Crippen molar-refractivity contribution >= 4 is 16.8 Å². The van der Waals surface area contributed by atoms with Gasteiger partial charge in [-0.2, -0.15) is 0 Å². The Morgan fingerprint density at radius 2 is 1.91 bits per heavy atom. The Morgan fingerprint density at radius 1 is 1.12 bits per heavy atom. The lowest BCUT2D eigenvalue weighted by Crippen LogP contribution is -2.57. The van der Waals surface area contributed by atoms with Gasteiger partial charge in [0.05, 0.1) is 17.5 Å². The van der Waals surface area contributed by atoms with E-state index in [1.807, 2.05) is 49.5 Å². The Kier molecular flexibility index (Phi) is 5.97. The maximum Gasteiger partial charge on any atom is 0.227 e. The minimum absolute atomic E-state index is 0.0397. The molecule has 0 radical (unpaired) electrons. The lowest BCUT2D eigenvalue weighted by Gasteiger charge is -2.52. The second-order valence-corrected chi connectivity index (χ2v) is 9.55. The van der Waals surface area contributed by atoms with Crippen LogP contribution in [0.15, 0.2) is 66.9 Å². The molecule has 32 heavy (non-hydrogen) atoms. The van der Waals surface area contributed by atoms with Gasteiger partial charge in [0.15, 0.2) is 0 Å². The van der Waals surface area contributed by atoms with Gasteiger partial charge in [0.25, 0.3) is 0 Å². The number of carbonyl (C=O) groups excluding carboxylic acids is 1. The molecule has 4 nitrogen and oxygen atoms in total. The molecule has 6 atom stereocenters. The predicted molar refractivity (Wildman–Crippen MR) is 129 cm³/mol. The van der Waals surface area contributed by atoms with Gasteiger partial charge in [-0.3, -0.25) is 14.7 Å². The van der Waals surface area contributed by atoms with Crippen molar-refractivity contribution in [2.75, 3.05) is 13.1 Å². The number of aromatic nitrogens is 1. The van der Waals surface area contributed by atoms with Gasteiger partial charge in [0, 0.05) is 24.2 Å². The molecule has 2 aromatic carbocycles. The number of hydrogen-bond donors (Lipinski definition) is 1. The van der Waals surface area contributed by atoms with Crippen LogP contribution in [0.1, 0.15) is 56.2 Å². The molecule has 0 aliphatic carbocycles. The highest BCUT2D eigenvalue weighted by atomic mass is 16.1. The highest BCUT2D eigenvalue weighted by molar-refractivity contribution is 5.86. The van der Waals surface area contributed by atoms with Crippen molar-refractivity contribution in [1.29, 1.82) is 0 Å². The lowest BCUT2D eigenvalue weighted by atomic mass is 9.72. The van der Waals surface area contributed by atoms with E-state index in [0.29, 0.717) is 6.04 Å². The summed E-state index contributed by atoms with van der Waals surface area (Å²) in [5.74, 6) is 1.45. The Balaban J connectivity index is 1.50. The fourth-order valence-electron chi connectivity index (χ4n) is 5.93. The van der Waals surface area contributed by atoms with E-state index in [4.69, 9.17) is 0 Å². The van der Waals surface area contributed by atoms with Crippen LogP contribution in [0, 0.1) is 11.8 Å². The van der Waals surface area contributed by atoms with Gasteiger partial charge in [-0.1, -0.05) is 61.9 Å². The average Bonchev–Trinajstić information content (AvgIpc) is 2.87. The number of pyridine rings is 1. The first-order chi connectivity index (χ1) is 15.7. The largest absolute Gasteiger partial charge is 0.347 e. The molecule has 3 saturated heterocycles. The predicted octanol–water partition coefficient (Wildman–Crippen LogP) is 5.32.